The number of aromatic nitrogens is 1. The molecule has 1 aromatic heterocycles. The van der Waals surface area contributed by atoms with Crippen molar-refractivity contribution in [3.8, 4) is 0 Å². The van der Waals surface area contributed by atoms with Crippen LogP contribution < -0.4 is 10.6 Å². The van der Waals surface area contributed by atoms with Gasteiger partial charge in [0.1, 0.15) is 10.7 Å². The molecule has 0 aliphatic carbocycles. The first kappa shape index (κ1) is 15.8. The Morgan fingerprint density at radius 1 is 1.37 bits per heavy atom. The number of thiazole rings is 1. The number of hydrogen-bond acceptors (Lipinski definition) is 5. The summed E-state index contributed by atoms with van der Waals surface area (Å²) in [7, 11) is 1.94. The van der Waals surface area contributed by atoms with Gasteiger partial charge in [0.2, 0.25) is 0 Å². The Bertz CT molecular complexity index is 430. The molecule has 0 spiro atoms. The van der Waals surface area contributed by atoms with Crippen LogP contribution >= 0.6 is 11.3 Å². The van der Waals surface area contributed by atoms with E-state index in [1.807, 2.05) is 30.7 Å². The molecule has 2 N–H and O–H groups in total. The highest BCUT2D eigenvalue weighted by Gasteiger charge is 2.22. The van der Waals surface area contributed by atoms with Crippen LogP contribution in [0.25, 0.3) is 0 Å². The van der Waals surface area contributed by atoms with Crippen molar-refractivity contribution in [1.29, 1.82) is 0 Å². The van der Waals surface area contributed by atoms with Crippen LogP contribution in [0.5, 0.6) is 0 Å². The summed E-state index contributed by atoms with van der Waals surface area (Å²) < 4.78 is 0. The van der Waals surface area contributed by atoms with Crippen LogP contribution in [0.1, 0.15) is 37.4 Å². The largest absolute Gasteiger partial charge is 0.382 e. The third-order valence-corrected chi connectivity index (χ3v) is 4.07. The Kier molecular flexibility index (Phi) is 5.60. The summed E-state index contributed by atoms with van der Waals surface area (Å²) >= 11 is 1.37. The molecule has 0 radical (unpaired) electrons. The maximum Gasteiger partial charge on any atom is 0.267 e. The summed E-state index contributed by atoms with van der Waals surface area (Å²) in [6, 6.07) is 0. The van der Waals surface area contributed by atoms with Gasteiger partial charge in [-0.2, -0.15) is 0 Å². The highest BCUT2D eigenvalue weighted by molar-refractivity contribution is 7.18. The van der Waals surface area contributed by atoms with Crippen LogP contribution in [-0.2, 0) is 0 Å². The SMILES string of the molecule is CCN(CC(C)C)C(=O)c1sc(N(C)CC)nc1N. The fourth-order valence-electron chi connectivity index (χ4n) is 1.71. The van der Waals surface area contributed by atoms with Crippen molar-refractivity contribution < 1.29 is 4.79 Å². The van der Waals surface area contributed by atoms with Gasteiger partial charge in [-0.3, -0.25) is 4.79 Å². The summed E-state index contributed by atoms with van der Waals surface area (Å²) in [6.45, 7) is 10.5. The Labute approximate surface area is 119 Å². The van der Waals surface area contributed by atoms with E-state index in [4.69, 9.17) is 5.73 Å². The Hall–Kier alpha value is -1.30. The second-order valence-electron chi connectivity index (χ2n) is 4.96. The van der Waals surface area contributed by atoms with E-state index in [9.17, 15) is 4.79 Å². The van der Waals surface area contributed by atoms with Gasteiger partial charge in [-0.25, -0.2) is 4.98 Å². The highest BCUT2D eigenvalue weighted by Crippen LogP contribution is 2.28. The lowest BCUT2D eigenvalue weighted by Crippen LogP contribution is -2.33. The van der Waals surface area contributed by atoms with Crippen molar-refractivity contribution in [2.75, 3.05) is 37.3 Å². The lowest BCUT2D eigenvalue weighted by atomic mass is 10.2. The van der Waals surface area contributed by atoms with Crippen LogP contribution in [0.15, 0.2) is 0 Å². The van der Waals surface area contributed by atoms with Crippen LogP contribution in [0.3, 0.4) is 0 Å². The van der Waals surface area contributed by atoms with Crippen molar-refractivity contribution in [1.82, 2.24) is 9.88 Å². The molecule has 1 amide bonds. The van der Waals surface area contributed by atoms with Crippen LogP contribution in [-0.4, -0.2) is 42.5 Å². The van der Waals surface area contributed by atoms with Crippen molar-refractivity contribution in [2.24, 2.45) is 5.92 Å². The lowest BCUT2D eigenvalue weighted by Gasteiger charge is -2.22. The minimum absolute atomic E-state index is 0.0121. The fraction of sp³-hybridized carbons (Fsp3) is 0.692. The van der Waals surface area contributed by atoms with Crippen molar-refractivity contribution in [3.63, 3.8) is 0 Å². The zero-order valence-corrected chi connectivity index (χ0v) is 13.3. The normalized spacial score (nSPS) is 10.8. The van der Waals surface area contributed by atoms with Crippen molar-refractivity contribution in [3.05, 3.63) is 4.88 Å². The van der Waals surface area contributed by atoms with Gasteiger partial charge in [0.25, 0.3) is 5.91 Å². The van der Waals surface area contributed by atoms with E-state index in [0.717, 1.165) is 18.2 Å². The molecule has 0 aliphatic heterocycles. The minimum Gasteiger partial charge on any atom is -0.382 e. The fourth-order valence-corrected chi connectivity index (χ4v) is 2.69. The molecule has 0 saturated carbocycles. The van der Waals surface area contributed by atoms with Crippen LogP contribution in [0, 0.1) is 5.92 Å². The number of nitrogen functional groups attached to an aromatic ring is 1. The summed E-state index contributed by atoms with van der Waals surface area (Å²) in [4.78, 5) is 21.1. The number of rotatable bonds is 6. The molecule has 6 heteroatoms. The number of carbonyl (C=O) groups is 1. The van der Waals surface area contributed by atoms with E-state index in [0.29, 0.717) is 23.2 Å². The van der Waals surface area contributed by atoms with E-state index in [1.54, 1.807) is 0 Å². The highest BCUT2D eigenvalue weighted by atomic mass is 32.1. The maximum absolute atomic E-state index is 12.5. The molecule has 0 fully saturated rings. The number of nitrogens with two attached hydrogens (primary N) is 1. The van der Waals surface area contributed by atoms with Gasteiger partial charge in [-0.15, -0.1) is 0 Å². The van der Waals surface area contributed by atoms with Gasteiger partial charge in [-0.1, -0.05) is 25.2 Å². The Morgan fingerprint density at radius 3 is 2.47 bits per heavy atom. The smallest absolute Gasteiger partial charge is 0.267 e. The Morgan fingerprint density at radius 2 is 2.00 bits per heavy atom. The second kappa shape index (κ2) is 6.75. The van der Waals surface area contributed by atoms with E-state index >= 15 is 0 Å². The molecule has 0 bridgehead atoms. The predicted molar refractivity (Wildman–Crippen MR) is 81.9 cm³/mol. The van der Waals surface area contributed by atoms with E-state index in [2.05, 4.69) is 18.8 Å². The number of hydrogen-bond donors (Lipinski definition) is 1. The first-order valence-electron chi connectivity index (χ1n) is 6.67. The van der Waals surface area contributed by atoms with Gasteiger partial charge < -0.3 is 15.5 Å². The van der Waals surface area contributed by atoms with E-state index < -0.39 is 0 Å². The number of nitrogens with zero attached hydrogens (tertiary/aromatic N) is 3. The van der Waals surface area contributed by atoms with Crippen molar-refractivity contribution in [2.45, 2.75) is 27.7 Å². The first-order valence-corrected chi connectivity index (χ1v) is 7.49. The number of carbonyl (C=O) groups excluding carboxylic acids is 1. The molecule has 0 atom stereocenters. The average molecular weight is 284 g/mol. The van der Waals surface area contributed by atoms with Gasteiger partial charge in [0.15, 0.2) is 5.13 Å². The second-order valence-corrected chi connectivity index (χ2v) is 5.94. The molecular weight excluding hydrogens is 260 g/mol. The predicted octanol–water partition coefficient (Wildman–Crippen LogP) is 2.30. The molecule has 1 heterocycles. The monoisotopic (exact) mass is 284 g/mol. The quantitative estimate of drug-likeness (QED) is 0.870. The standard InChI is InChI=1S/C13H24N4OS/c1-6-16(5)13-15-11(14)10(19-13)12(18)17(7-2)8-9(3)4/h9H,6-8,14H2,1-5H3. The van der Waals surface area contributed by atoms with Gasteiger partial charge in [-0.05, 0) is 19.8 Å². The summed E-state index contributed by atoms with van der Waals surface area (Å²) in [5.74, 6) is 0.769. The zero-order chi connectivity index (χ0) is 14.6. The molecular formula is C13H24N4OS. The lowest BCUT2D eigenvalue weighted by molar-refractivity contribution is 0.0751. The van der Waals surface area contributed by atoms with E-state index in [-0.39, 0.29) is 5.91 Å². The summed E-state index contributed by atoms with van der Waals surface area (Å²) in [5, 5.41) is 0.795. The van der Waals surface area contributed by atoms with Gasteiger partial charge >= 0.3 is 0 Å². The molecule has 1 rings (SSSR count). The Balaban J connectivity index is 2.95. The molecule has 0 aromatic carbocycles. The zero-order valence-electron chi connectivity index (χ0n) is 12.4. The molecule has 5 nitrogen and oxygen atoms in total. The molecule has 108 valence electrons. The maximum atomic E-state index is 12.5. The van der Waals surface area contributed by atoms with Gasteiger partial charge in [0, 0.05) is 26.7 Å². The third-order valence-electron chi connectivity index (χ3n) is 2.89. The molecule has 0 saturated heterocycles. The molecule has 0 aliphatic rings. The summed E-state index contributed by atoms with van der Waals surface area (Å²) in [6.07, 6.45) is 0. The number of amides is 1. The molecule has 19 heavy (non-hydrogen) atoms. The van der Waals surface area contributed by atoms with Gasteiger partial charge in [0.05, 0.1) is 0 Å². The van der Waals surface area contributed by atoms with E-state index in [1.165, 1.54) is 11.3 Å². The average Bonchev–Trinajstić information content (AvgIpc) is 2.76. The topological polar surface area (TPSA) is 62.5 Å². The molecule has 0 unspecified atom stereocenters. The van der Waals surface area contributed by atoms with Crippen LogP contribution in [0.4, 0.5) is 10.9 Å². The van der Waals surface area contributed by atoms with Crippen LogP contribution in [0.2, 0.25) is 0 Å². The molecule has 1 aromatic rings. The first-order chi connectivity index (χ1) is 8.90. The minimum atomic E-state index is -0.0121. The third kappa shape index (κ3) is 3.83. The van der Waals surface area contributed by atoms with Crippen molar-refractivity contribution >= 4 is 28.2 Å². The summed E-state index contributed by atoms with van der Waals surface area (Å²) in [5.41, 5.74) is 5.88. The number of anilines is 2.